The van der Waals surface area contributed by atoms with Crippen LogP contribution in [0.3, 0.4) is 0 Å². The van der Waals surface area contributed by atoms with E-state index in [1.54, 1.807) is 23.5 Å². The molecule has 2 aromatic heterocycles. The van der Waals surface area contributed by atoms with Gasteiger partial charge in [-0.05, 0) is 66.3 Å². The van der Waals surface area contributed by atoms with Gasteiger partial charge >= 0.3 is 0 Å². The number of aromatic nitrogens is 2. The summed E-state index contributed by atoms with van der Waals surface area (Å²) in [5.74, 6) is 0.780. The van der Waals surface area contributed by atoms with Gasteiger partial charge in [-0.25, -0.2) is 9.97 Å². The molecule has 0 fully saturated rings. The molecule has 30 heavy (non-hydrogen) atoms. The molecule has 0 aliphatic rings. The van der Waals surface area contributed by atoms with Crippen molar-refractivity contribution in [2.24, 2.45) is 0 Å². The summed E-state index contributed by atoms with van der Waals surface area (Å²) < 4.78 is 0. The van der Waals surface area contributed by atoms with E-state index in [9.17, 15) is 10.1 Å². The average molecular weight is 439 g/mol. The van der Waals surface area contributed by atoms with Gasteiger partial charge in [0.25, 0.3) is 5.69 Å². The number of nitro groups is 1. The number of nitro benzene ring substituents is 1. The first kappa shape index (κ1) is 20.3. The summed E-state index contributed by atoms with van der Waals surface area (Å²) in [6.45, 7) is 2.83. The minimum Gasteiger partial charge on any atom is -0.369 e. The quantitative estimate of drug-likeness (QED) is 0.159. The van der Waals surface area contributed by atoms with Crippen molar-refractivity contribution in [3.63, 3.8) is 0 Å². The Morgan fingerprint density at radius 1 is 1.07 bits per heavy atom. The van der Waals surface area contributed by atoms with E-state index in [1.807, 2.05) is 19.1 Å². The van der Waals surface area contributed by atoms with Gasteiger partial charge in [-0.2, -0.15) is 0 Å². The van der Waals surface area contributed by atoms with E-state index >= 15 is 0 Å². The maximum atomic E-state index is 10.8. The first-order valence-electron chi connectivity index (χ1n) is 9.51. The molecule has 0 aliphatic heterocycles. The number of hydrogen-bond donors (Lipinski definition) is 1. The van der Waals surface area contributed by atoms with E-state index in [2.05, 4.69) is 33.5 Å². The monoisotopic (exact) mass is 438 g/mol. The van der Waals surface area contributed by atoms with Crippen LogP contribution in [-0.4, -0.2) is 21.4 Å². The number of anilines is 1. The topological polar surface area (TPSA) is 81.0 Å². The lowest BCUT2D eigenvalue weighted by Gasteiger charge is -2.08. The van der Waals surface area contributed by atoms with Gasteiger partial charge in [0.2, 0.25) is 5.28 Å². The Labute approximate surface area is 182 Å². The predicted molar refractivity (Wildman–Crippen MR) is 123 cm³/mol. The summed E-state index contributed by atoms with van der Waals surface area (Å²) in [5.41, 5.74) is 3.34. The Bertz CT molecular complexity index is 1190. The third-order valence-electron chi connectivity index (χ3n) is 4.79. The Morgan fingerprint density at radius 2 is 1.73 bits per heavy atom. The van der Waals surface area contributed by atoms with Crippen LogP contribution in [0.2, 0.25) is 5.28 Å². The summed E-state index contributed by atoms with van der Waals surface area (Å²) in [6, 6.07) is 17.0. The van der Waals surface area contributed by atoms with Crippen molar-refractivity contribution in [1.29, 1.82) is 0 Å². The van der Waals surface area contributed by atoms with Crippen molar-refractivity contribution in [3.8, 4) is 11.1 Å². The number of nitrogens with one attached hydrogen (secondary N) is 1. The van der Waals surface area contributed by atoms with Crippen LogP contribution < -0.4 is 5.32 Å². The van der Waals surface area contributed by atoms with Gasteiger partial charge in [0, 0.05) is 23.6 Å². The fraction of sp³-hybridized carbons (Fsp3) is 0.182. The molecular formula is C22H19ClN4O2S. The first-order chi connectivity index (χ1) is 14.5. The number of halogens is 1. The van der Waals surface area contributed by atoms with Crippen molar-refractivity contribution in [2.45, 2.75) is 19.8 Å². The Kier molecular flexibility index (Phi) is 5.92. The summed E-state index contributed by atoms with van der Waals surface area (Å²) >= 11 is 7.65. The molecular weight excluding hydrogens is 420 g/mol. The standard InChI is InChI=1S/C22H19ClN4O2S/c1-14-13-19-20(25-22(23)26-21(19)30-14)24-12-2-3-15-4-6-16(7-5-15)17-8-10-18(11-9-17)27(28)29/h4-11,13H,2-3,12H2,1H3,(H,24,25,26). The van der Waals surface area contributed by atoms with Gasteiger partial charge in [-0.15, -0.1) is 11.3 Å². The molecule has 0 atom stereocenters. The van der Waals surface area contributed by atoms with Crippen LogP contribution in [0, 0.1) is 17.0 Å². The van der Waals surface area contributed by atoms with E-state index in [1.165, 1.54) is 22.6 Å². The van der Waals surface area contributed by atoms with Crippen molar-refractivity contribution in [2.75, 3.05) is 11.9 Å². The van der Waals surface area contributed by atoms with Crippen LogP contribution in [0.15, 0.2) is 54.6 Å². The second-order valence-corrected chi connectivity index (χ2v) is 8.52. The van der Waals surface area contributed by atoms with E-state index in [0.717, 1.165) is 46.5 Å². The first-order valence-corrected chi connectivity index (χ1v) is 10.7. The third-order valence-corrected chi connectivity index (χ3v) is 5.90. The lowest BCUT2D eigenvalue weighted by molar-refractivity contribution is -0.384. The Morgan fingerprint density at radius 3 is 2.40 bits per heavy atom. The molecule has 0 saturated carbocycles. The van der Waals surface area contributed by atoms with Gasteiger partial charge in [-0.3, -0.25) is 10.1 Å². The van der Waals surface area contributed by atoms with Crippen molar-refractivity contribution < 1.29 is 4.92 Å². The fourth-order valence-corrected chi connectivity index (χ4v) is 4.39. The second-order valence-electron chi connectivity index (χ2n) is 6.95. The highest BCUT2D eigenvalue weighted by atomic mass is 35.5. The normalized spacial score (nSPS) is 11.0. The minimum absolute atomic E-state index is 0.0998. The molecule has 0 unspecified atom stereocenters. The molecule has 0 amide bonds. The molecule has 0 spiro atoms. The molecule has 152 valence electrons. The van der Waals surface area contributed by atoms with Gasteiger partial charge in [0.05, 0.1) is 10.3 Å². The van der Waals surface area contributed by atoms with Crippen LogP contribution in [0.4, 0.5) is 11.5 Å². The molecule has 2 aromatic carbocycles. The highest BCUT2D eigenvalue weighted by Gasteiger charge is 2.09. The van der Waals surface area contributed by atoms with Crippen molar-refractivity contribution in [3.05, 3.63) is 80.4 Å². The molecule has 6 nitrogen and oxygen atoms in total. The number of thiophene rings is 1. The molecule has 4 rings (SSSR count). The van der Waals surface area contributed by atoms with E-state index in [4.69, 9.17) is 11.6 Å². The molecule has 1 N–H and O–H groups in total. The number of aryl methyl sites for hydroxylation is 2. The summed E-state index contributed by atoms with van der Waals surface area (Å²) in [7, 11) is 0. The number of hydrogen-bond acceptors (Lipinski definition) is 6. The largest absolute Gasteiger partial charge is 0.369 e. The maximum Gasteiger partial charge on any atom is 0.269 e. The molecule has 0 aliphatic carbocycles. The van der Waals surface area contributed by atoms with Crippen LogP contribution >= 0.6 is 22.9 Å². The smallest absolute Gasteiger partial charge is 0.269 e. The summed E-state index contributed by atoms with van der Waals surface area (Å²) in [4.78, 5) is 21.1. The highest BCUT2D eigenvalue weighted by Crippen LogP contribution is 2.29. The lowest BCUT2D eigenvalue weighted by atomic mass is 10.0. The zero-order chi connectivity index (χ0) is 21.1. The van der Waals surface area contributed by atoms with Crippen LogP contribution in [-0.2, 0) is 6.42 Å². The van der Waals surface area contributed by atoms with Crippen LogP contribution in [0.25, 0.3) is 21.3 Å². The molecule has 2 heterocycles. The lowest BCUT2D eigenvalue weighted by Crippen LogP contribution is -2.05. The highest BCUT2D eigenvalue weighted by molar-refractivity contribution is 7.18. The van der Waals surface area contributed by atoms with E-state index in [-0.39, 0.29) is 15.9 Å². The number of non-ortho nitro benzene ring substituents is 1. The van der Waals surface area contributed by atoms with Crippen molar-refractivity contribution in [1.82, 2.24) is 9.97 Å². The number of fused-ring (bicyclic) bond motifs is 1. The molecule has 8 heteroatoms. The summed E-state index contributed by atoms with van der Waals surface area (Å²) in [5, 5.41) is 15.4. The van der Waals surface area contributed by atoms with Gasteiger partial charge in [0.15, 0.2) is 0 Å². The van der Waals surface area contributed by atoms with Crippen LogP contribution in [0.1, 0.15) is 16.9 Å². The zero-order valence-corrected chi connectivity index (χ0v) is 17.8. The maximum absolute atomic E-state index is 10.8. The number of nitrogens with zero attached hydrogens (tertiary/aromatic N) is 3. The molecule has 0 saturated heterocycles. The van der Waals surface area contributed by atoms with E-state index < -0.39 is 0 Å². The van der Waals surface area contributed by atoms with Gasteiger partial charge in [0.1, 0.15) is 10.6 Å². The Hall–Kier alpha value is -3.03. The summed E-state index contributed by atoms with van der Waals surface area (Å²) in [6.07, 6.45) is 1.88. The Balaban J connectivity index is 1.34. The van der Waals surface area contributed by atoms with E-state index in [0.29, 0.717) is 0 Å². The second kappa shape index (κ2) is 8.77. The van der Waals surface area contributed by atoms with Gasteiger partial charge < -0.3 is 5.32 Å². The number of benzene rings is 2. The minimum atomic E-state index is -0.388. The van der Waals surface area contributed by atoms with Crippen molar-refractivity contribution >= 4 is 44.7 Å². The third kappa shape index (κ3) is 4.58. The SMILES string of the molecule is Cc1cc2c(NCCCc3ccc(-c4ccc([N+](=O)[O-])cc4)cc3)nc(Cl)nc2s1. The number of rotatable bonds is 7. The zero-order valence-electron chi connectivity index (χ0n) is 16.3. The molecule has 0 radical (unpaired) electrons. The predicted octanol–water partition coefficient (Wildman–Crippen LogP) is 6.27. The van der Waals surface area contributed by atoms with Gasteiger partial charge in [-0.1, -0.05) is 24.3 Å². The molecule has 4 aromatic rings. The fourth-order valence-electron chi connectivity index (χ4n) is 3.29. The van der Waals surface area contributed by atoms with Crippen LogP contribution in [0.5, 0.6) is 0 Å². The average Bonchev–Trinajstić information content (AvgIpc) is 3.11. The molecule has 0 bridgehead atoms.